The number of amides is 2. The predicted molar refractivity (Wildman–Crippen MR) is 73.0 cm³/mol. The molecule has 1 aromatic heterocycles. The molecule has 0 saturated carbocycles. The third-order valence-corrected chi connectivity index (χ3v) is 2.74. The van der Waals surface area contributed by atoms with Crippen molar-refractivity contribution < 1.29 is 22.9 Å². The second kappa shape index (κ2) is 7.30. The Morgan fingerprint density at radius 2 is 1.95 bits per heavy atom. The lowest BCUT2D eigenvalue weighted by atomic mass is 10.2. The van der Waals surface area contributed by atoms with E-state index in [1.807, 2.05) is 0 Å². The fraction of sp³-hybridized carbons (Fsp3) is 0.214. The molecule has 2 aromatic rings. The number of carbonyl (C=O) groups is 2. The molecule has 0 fully saturated rings. The van der Waals surface area contributed by atoms with Crippen LogP contribution in [-0.4, -0.2) is 34.8 Å². The molecule has 1 N–H and O–H groups in total. The Balaban J connectivity index is 2.06. The molecule has 0 unspecified atom stereocenters. The molecule has 8 heteroatoms. The molecule has 0 radical (unpaired) electrons. The Labute approximate surface area is 124 Å². The van der Waals surface area contributed by atoms with E-state index in [0.29, 0.717) is 5.56 Å². The molecular weight excluding hydrogens is 296 g/mol. The van der Waals surface area contributed by atoms with Crippen molar-refractivity contribution in [3.63, 3.8) is 0 Å². The van der Waals surface area contributed by atoms with E-state index in [-0.39, 0.29) is 12.4 Å². The Morgan fingerprint density at radius 3 is 2.55 bits per heavy atom. The molecule has 0 spiro atoms. The van der Waals surface area contributed by atoms with E-state index in [2.05, 4.69) is 15.0 Å². The van der Waals surface area contributed by atoms with Gasteiger partial charge in [0.1, 0.15) is 6.26 Å². The molecule has 1 heterocycles. The lowest BCUT2D eigenvalue weighted by molar-refractivity contribution is -0.144. The molecule has 22 heavy (non-hydrogen) atoms. The van der Waals surface area contributed by atoms with Crippen LogP contribution in [0.15, 0.2) is 47.2 Å². The van der Waals surface area contributed by atoms with Crippen LogP contribution in [0.1, 0.15) is 5.56 Å². The minimum absolute atomic E-state index is 0.0371. The summed E-state index contributed by atoms with van der Waals surface area (Å²) >= 11 is 0. The van der Waals surface area contributed by atoms with E-state index in [9.17, 15) is 18.4 Å². The maximum absolute atomic E-state index is 12.6. The number of rotatable bonds is 5. The number of hydrogen-bond acceptors (Lipinski definition) is 4. The van der Waals surface area contributed by atoms with E-state index >= 15 is 0 Å². The molecule has 2 amide bonds. The van der Waals surface area contributed by atoms with Crippen LogP contribution in [0.3, 0.4) is 0 Å². The van der Waals surface area contributed by atoms with Gasteiger partial charge in [0.15, 0.2) is 5.82 Å². The van der Waals surface area contributed by atoms with Crippen molar-refractivity contribution in [1.29, 1.82) is 0 Å². The number of nitrogens with one attached hydrogen (secondary N) is 1. The number of halogens is 2. The largest absolute Gasteiger partial charge is 0.363 e. The quantitative estimate of drug-likeness (QED) is 0.856. The summed E-state index contributed by atoms with van der Waals surface area (Å²) in [4.78, 5) is 24.6. The molecule has 116 valence electrons. The maximum atomic E-state index is 12.6. The zero-order chi connectivity index (χ0) is 15.9. The van der Waals surface area contributed by atoms with Gasteiger partial charge in [0.2, 0.25) is 0 Å². The summed E-state index contributed by atoms with van der Waals surface area (Å²) in [6, 6.07) is 9.90. The van der Waals surface area contributed by atoms with Gasteiger partial charge in [-0.3, -0.25) is 14.9 Å². The van der Waals surface area contributed by atoms with Crippen molar-refractivity contribution in [3.05, 3.63) is 48.2 Å². The molecule has 6 nitrogen and oxygen atoms in total. The van der Waals surface area contributed by atoms with Gasteiger partial charge >= 0.3 is 11.8 Å². The number of carbonyl (C=O) groups excluding carboxylic acids is 2. The van der Waals surface area contributed by atoms with Crippen LogP contribution < -0.4 is 5.32 Å². The molecule has 0 aliphatic heterocycles. The van der Waals surface area contributed by atoms with E-state index < -0.39 is 24.8 Å². The Bertz CT molecular complexity index is 618. The molecule has 0 atom stereocenters. The summed E-state index contributed by atoms with van der Waals surface area (Å²) in [6.07, 6.45) is -1.53. The van der Waals surface area contributed by atoms with Gasteiger partial charge < -0.3 is 9.42 Å². The van der Waals surface area contributed by atoms with Gasteiger partial charge in [-0.05, 0) is 5.56 Å². The maximum Gasteiger partial charge on any atom is 0.315 e. The van der Waals surface area contributed by atoms with Gasteiger partial charge in [-0.25, -0.2) is 8.78 Å². The number of hydrogen-bond donors (Lipinski definition) is 1. The predicted octanol–water partition coefficient (Wildman–Crippen LogP) is 1.91. The second-order valence-electron chi connectivity index (χ2n) is 4.40. The molecular formula is C14H13F2N3O3. The van der Waals surface area contributed by atoms with Crippen LogP contribution in [0.25, 0.3) is 0 Å². The highest BCUT2D eigenvalue weighted by atomic mass is 19.3. The minimum Gasteiger partial charge on any atom is -0.363 e. The van der Waals surface area contributed by atoms with Crippen molar-refractivity contribution in [2.24, 2.45) is 0 Å². The van der Waals surface area contributed by atoms with Crippen molar-refractivity contribution in [3.8, 4) is 0 Å². The Kier molecular flexibility index (Phi) is 5.18. The zero-order valence-corrected chi connectivity index (χ0v) is 11.4. The number of nitrogens with zero attached hydrogens (tertiary/aromatic N) is 2. The van der Waals surface area contributed by atoms with Crippen LogP contribution in [0.2, 0.25) is 0 Å². The molecule has 0 bridgehead atoms. The topological polar surface area (TPSA) is 75.4 Å². The van der Waals surface area contributed by atoms with Gasteiger partial charge in [-0.1, -0.05) is 35.5 Å². The molecule has 0 aliphatic carbocycles. The summed E-state index contributed by atoms with van der Waals surface area (Å²) in [5.74, 6) is -2.08. The zero-order valence-electron chi connectivity index (χ0n) is 11.4. The summed E-state index contributed by atoms with van der Waals surface area (Å²) in [5.41, 5.74) is 0.644. The smallest absolute Gasteiger partial charge is 0.315 e. The van der Waals surface area contributed by atoms with Gasteiger partial charge in [-0.15, -0.1) is 0 Å². The second-order valence-corrected chi connectivity index (χ2v) is 4.40. The first-order valence-electron chi connectivity index (χ1n) is 6.39. The third kappa shape index (κ3) is 4.37. The molecule has 0 aliphatic rings. The average molecular weight is 309 g/mol. The summed E-state index contributed by atoms with van der Waals surface area (Å²) < 4.78 is 29.8. The van der Waals surface area contributed by atoms with Gasteiger partial charge in [0.25, 0.3) is 6.43 Å². The van der Waals surface area contributed by atoms with Crippen molar-refractivity contribution in [2.75, 3.05) is 11.9 Å². The summed E-state index contributed by atoms with van der Waals surface area (Å²) in [7, 11) is 0. The van der Waals surface area contributed by atoms with Crippen molar-refractivity contribution in [2.45, 2.75) is 13.0 Å². The Morgan fingerprint density at radius 1 is 1.23 bits per heavy atom. The van der Waals surface area contributed by atoms with Crippen LogP contribution in [0.4, 0.5) is 14.6 Å². The number of anilines is 1. The van der Waals surface area contributed by atoms with Crippen LogP contribution in [-0.2, 0) is 16.1 Å². The van der Waals surface area contributed by atoms with Gasteiger partial charge in [-0.2, -0.15) is 0 Å². The third-order valence-electron chi connectivity index (χ3n) is 2.74. The van der Waals surface area contributed by atoms with Gasteiger partial charge in [0, 0.05) is 12.6 Å². The first kappa shape index (κ1) is 15.6. The fourth-order valence-electron chi connectivity index (χ4n) is 1.78. The lowest BCUT2D eigenvalue weighted by Crippen LogP contribution is -2.41. The van der Waals surface area contributed by atoms with E-state index in [1.54, 1.807) is 30.3 Å². The average Bonchev–Trinajstić information content (AvgIpc) is 2.99. The molecule has 2 rings (SSSR count). The molecule has 1 aromatic carbocycles. The highest BCUT2D eigenvalue weighted by Gasteiger charge is 2.25. The number of benzene rings is 1. The van der Waals surface area contributed by atoms with E-state index in [1.165, 1.54) is 12.3 Å². The summed E-state index contributed by atoms with van der Waals surface area (Å²) in [6.45, 7) is -0.920. The number of aromatic nitrogens is 1. The van der Waals surface area contributed by atoms with Crippen molar-refractivity contribution >= 4 is 17.6 Å². The lowest BCUT2D eigenvalue weighted by Gasteiger charge is -2.21. The molecule has 0 saturated heterocycles. The summed E-state index contributed by atoms with van der Waals surface area (Å²) in [5, 5.41) is 5.60. The van der Waals surface area contributed by atoms with Crippen LogP contribution >= 0.6 is 0 Å². The van der Waals surface area contributed by atoms with Crippen molar-refractivity contribution in [1.82, 2.24) is 10.1 Å². The normalized spacial score (nSPS) is 10.5. The van der Waals surface area contributed by atoms with Gasteiger partial charge in [0.05, 0.1) is 6.54 Å². The first-order chi connectivity index (χ1) is 10.6. The SMILES string of the molecule is O=C(Nc1ccon1)C(=O)N(Cc1ccccc1)CC(F)F. The van der Waals surface area contributed by atoms with Crippen LogP contribution in [0, 0.1) is 0 Å². The number of alkyl halides is 2. The Hall–Kier alpha value is -2.77. The van der Waals surface area contributed by atoms with Crippen LogP contribution in [0.5, 0.6) is 0 Å². The monoisotopic (exact) mass is 309 g/mol. The highest BCUT2D eigenvalue weighted by Crippen LogP contribution is 2.09. The van der Waals surface area contributed by atoms with E-state index in [0.717, 1.165) is 4.90 Å². The minimum atomic E-state index is -2.74. The fourth-order valence-corrected chi connectivity index (χ4v) is 1.78. The standard InChI is InChI=1S/C14H13F2N3O3/c15-11(16)9-19(8-10-4-2-1-3-5-10)14(21)13(20)17-12-6-7-22-18-12/h1-7,11H,8-9H2,(H,17,18,20). The highest BCUT2D eigenvalue weighted by molar-refractivity contribution is 6.39. The first-order valence-corrected chi connectivity index (χ1v) is 6.39. The van der Waals surface area contributed by atoms with E-state index in [4.69, 9.17) is 0 Å².